The molecule has 3 rings (SSSR count). The summed E-state index contributed by atoms with van der Waals surface area (Å²) in [5.74, 6) is 1.14. The average molecular weight is 432 g/mol. The van der Waals surface area contributed by atoms with Crippen molar-refractivity contribution in [2.75, 3.05) is 33.4 Å². The molecule has 1 fully saturated rings. The first-order valence-corrected chi connectivity index (χ1v) is 11.7. The molecule has 0 aliphatic carbocycles. The lowest BCUT2D eigenvalue weighted by atomic mass is 9.80. The predicted molar refractivity (Wildman–Crippen MR) is 120 cm³/mol. The van der Waals surface area contributed by atoms with Crippen LogP contribution in [-0.2, 0) is 14.3 Å². The third kappa shape index (κ3) is 6.23. The van der Waals surface area contributed by atoms with Gasteiger partial charge in [-0.3, -0.25) is 4.79 Å². The SMILES string of the molecule is CCO[C@@H]1OC(C(=O)N2CCCCCCC2)=C[C@H](c2ccc(OC)cc2)[C@H]1CCCO. The molecule has 1 N–H and O–H groups in total. The lowest BCUT2D eigenvalue weighted by Crippen LogP contribution is -2.41. The number of nitrogens with zero attached hydrogens (tertiary/aromatic N) is 1. The smallest absolute Gasteiger partial charge is 0.288 e. The van der Waals surface area contributed by atoms with Crippen molar-refractivity contribution >= 4 is 5.91 Å². The van der Waals surface area contributed by atoms with E-state index >= 15 is 0 Å². The Bertz CT molecular complexity index is 709. The van der Waals surface area contributed by atoms with Crippen molar-refractivity contribution in [3.8, 4) is 5.75 Å². The Hall–Kier alpha value is -2.05. The molecule has 2 aliphatic rings. The molecule has 3 atom stereocenters. The molecule has 0 aromatic heterocycles. The van der Waals surface area contributed by atoms with Gasteiger partial charge in [0.25, 0.3) is 5.91 Å². The van der Waals surface area contributed by atoms with Crippen LogP contribution in [0.5, 0.6) is 5.75 Å². The Morgan fingerprint density at radius 1 is 1.13 bits per heavy atom. The number of carbonyl (C=O) groups excluding carboxylic acids is 1. The van der Waals surface area contributed by atoms with Crippen molar-refractivity contribution < 1.29 is 24.1 Å². The maximum absolute atomic E-state index is 13.4. The number of aliphatic hydroxyl groups is 1. The van der Waals surface area contributed by atoms with Crippen LogP contribution in [0.3, 0.4) is 0 Å². The predicted octanol–water partition coefficient (Wildman–Crippen LogP) is 4.24. The van der Waals surface area contributed by atoms with Crippen LogP contribution in [0.1, 0.15) is 63.4 Å². The maximum Gasteiger partial charge on any atom is 0.288 e. The van der Waals surface area contributed by atoms with Crippen LogP contribution in [0.25, 0.3) is 0 Å². The molecule has 0 unspecified atom stereocenters. The number of amides is 1. The second-order valence-corrected chi connectivity index (χ2v) is 8.36. The van der Waals surface area contributed by atoms with E-state index in [-0.39, 0.29) is 24.3 Å². The van der Waals surface area contributed by atoms with Gasteiger partial charge in [-0.15, -0.1) is 0 Å². The van der Waals surface area contributed by atoms with Gasteiger partial charge in [0.1, 0.15) is 5.75 Å². The van der Waals surface area contributed by atoms with Gasteiger partial charge in [0.05, 0.1) is 7.11 Å². The van der Waals surface area contributed by atoms with E-state index in [0.717, 1.165) is 43.7 Å². The molecular formula is C25H37NO5. The summed E-state index contributed by atoms with van der Waals surface area (Å²) in [5, 5.41) is 9.42. The number of ether oxygens (including phenoxy) is 3. The second kappa shape index (κ2) is 12.1. The third-order valence-corrected chi connectivity index (χ3v) is 6.27. The van der Waals surface area contributed by atoms with Gasteiger partial charge in [-0.25, -0.2) is 0 Å². The van der Waals surface area contributed by atoms with Gasteiger partial charge in [0, 0.05) is 38.1 Å². The van der Waals surface area contributed by atoms with Crippen molar-refractivity contribution in [2.45, 2.75) is 64.1 Å². The van der Waals surface area contributed by atoms with E-state index in [0.29, 0.717) is 18.8 Å². The first-order chi connectivity index (χ1) is 15.2. The first kappa shape index (κ1) is 23.6. The molecule has 1 saturated heterocycles. The number of likely N-dealkylation sites (tertiary alicyclic amines) is 1. The van der Waals surface area contributed by atoms with Gasteiger partial charge in [-0.1, -0.05) is 31.4 Å². The number of carbonyl (C=O) groups is 1. The Labute approximate surface area is 186 Å². The third-order valence-electron chi connectivity index (χ3n) is 6.27. The lowest BCUT2D eigenvalue weighted by Gasteiger charge is -2.38. The molecule has 1 aromatic carbocycles. The zero-order chi connectivity index (χ0) is 22.1. The average Bonchev–Trinajstić information content (AvgIpc) is 2.77. The van der Waals surface area contributed by atoms with E-state index in [1.54, 1.807) is 7.11 Å². The maximum atomic E-state index is 13.4. The highest BCUT2D eigenvalue weighted by Gasteiger charge is 2.38. The zero-order valence-corrected chi connectivity index (χ0v) is 18.9. The molecule has 31 heavy (non-hydrogen) atoms. The van der Waals surface area contributed by atoms with Gasteiger partial charge < -0.3 is 24.2 Å². The summed E-state index contributed by atoms with van der Waals surface area (Å²) in [6.07, 6.45) is 8.53. The van der Waals surface area contributed by atoms with E-state index in [1.807, 2.05) is 42.2 Å². The fraction of sp³-hybridized carbons (Fsp3) is 0.640. The highest BCUT2D eigenvalue weighted by Crippen LogP contribution is 2.40. The number of methoxy groups -OCH3 is 1. The van der Waals surface area contributed by atoms with Crippen molar-refractivity contribution in [1.82, 2.24) is 4.90 Å². The van der Waals surface area contributed by atoms with Gasteiger partial charge in [-0.05, 0) is 56.4 Å². The molecule has 6 heteroatoms. The molecular weight excluding hydrogens is 394 g/mol. The number of benzene rings is 1. The van der Waals surface area contributed by atoms with Gasteiger partial charge >= 0.3 is 0 Å². The van der Waals surface area contributed by atoms with Crippen LogP contribution in [-0.4, -0.2) is 55.6 Å². The molecule has 172 valence electrons. The summed E-state index contributed by atoms with van der Waals surface area (Å²) in [4.78, 5) is 15.3. The Kier molecular flexibility index (Phi) is 9.22. The molecule has 1 amide bonds. The summed E-state index contributed by atoms with van der Waals surface area (Å²) in [5.41, 5.74) is 1.09. The fourth-order valence-corrected chi connectivity index (χ4v) is 4.57. The second-order valence-electron chi connectivity index (χ2n) is 8.36. The fourth-order valence-electron chi connectivity index (χ4n) is 4.57. The minimum absolute atomic E-state index is 0.0179. The van der Waals surface area contributed by atoms with Gasteiger partial charge in [0.15, 0.2) is 5.76 Å². The zero-order valence-electron chi connectivity index (χ0n) is 18.9. The minimum atomic E-state index is -0.512. The Morgan fingerprint density at radius 2 is 1.81 bits per heavy atom. The first-order valence-electron chi connectivity index (χ1n) is 11.7. The van der Waals surface area contributed by atoms with Crippen LogP contribution in [0.2, 0.25) is 0 Å². The Balaban J connectivity index is 1.91. The molecule has 2 aliphatic heterocycles. The number of allylic oxidation sites excluding steroid dienone is 1. The molecule has 0 radical (unpaired) electrons. The largest absolute Gasteiger partial charge is 0.497 e. The standard InChI is InChI=1S/C25H37NO5/c1-3-30-25-21(10-9-17-27)22(19-11-13-20(29-2)14-12-19)18-23(31-25)24(28)26-15-7-5-4-6-8-16-26/h11-14,18,21-22,25,27H,3-10,15-17H2,1-2H3/t21-,22-,25-/m1/s1. The Morgan fingerprint density at radius 3 is 2.42 bits per heavy atom. The highest BCUT2D eigenvalue weighted by molar-refractivity contribution is 5.91. The van der Waals surface area contributed by atoms with E-state index in [9.17, 15) is 9.90 Å². The van der Waals surface area contributed by atoms with Crippen LogP contribution in [0, 0.1) is 5.92 Å². The summed E-state index contributed by atoms with van der Waals surface area (Å²) in [7, 11) is 1.65. The molecule has 2 heterocycles. The summed E-state index contributed by atoms with van der Waals surface area (Å²) < 4.78 is 17.4. The van der Waals surface area contributed by atoms with Crippen molar-refractivity contribution in [2.24, 2.45) is 5.92 Å². The topological polar surface area (TPSA) is 68.2 Å². The van der Waals surface area contributed by atoms with Crippen molar-refractivity contribution in [3.63, 3.8) is 0 Å². The number of aliphatic hydroxyl groups excluding tert-OH is 1. The van der Waals surface area contributed by atoms with Gasteiger partial charge in [0.2, 0.25) is 6.29 Å². The van der Waals surface area contributed by atoms with Crippen LogP contribution in [0.4, 0.5) is 0 Å². The molecule has 0 bridgehead atoms. The summed E-state index contributed by atoms with van der Waals surface area (Å²) >= 11 is 0. The number of hydrogen-bond acceptors (Lipinski definition) is 5. The highest BCUT2D eigenvalue weighted by atomic mass is 16.7. The molecule has 6 nitrogen and oxygen atoms in total. The van der Waals surface area contributed by atoms with Gasteiger partial charge in [-0.2, -0.15) is 0 Å². The van der Waals surface area contributed by atoms with E-state index < -0.39 is 6.29 Å². The van der Waals surface area contributed by atoms with Crippen molar-refractivity contribution in [1.29, 1.82) is 0 Å². The normalized spacial score (nSPS) is 24.5. The summed E-state index contributed by atoms with van der Waals surface area (Å²) in [6, 6.07) is 7.96. The van der Waals surface area contributed by atoms with E-state index in [2.05, 4.69) is 0 Å². The molecule has 0 spiro atoms. The van der Waals surface area contributed by atoms with Crippen LogP contribution < -0.4 is 4.74 Å². The lowest BCUT2D eigenvalue weighted by molar-refractivity contribution is -0.170. The number of rotatable bonds is 8. The minimum Gasteiger partial charge on any atom is -0.497 e. The van der Waals surface area contributed by atoms with E-state index in [1.165, 1.54) is 19.3 Å². The van der Waals surface area contributed by atoms with E-state index in [4.69, 9.17) is 14.2 Å². The molecule has 0 saturated carbocycles. The molecule has 1 aromatic rings. The quantitative estimate of drug-likeness (QED) is 0.667. The van der Waals surface area contributed by atoms with Crippen molar-refractivity contribution in [3.05, 3.63) is 41.7 Å². The summed E-state index contributed by atoms with van der Waals surface area (Å²) in [6.45, 7) is 4.11. The number of hydrogen-bond donors (Lipinski definition) is 1. The monoisotopic (exact) mass is 431 g/mol. The van der Waals surface area contributed by atoms with Crippen LogP contribution in [0.15, 0.2) is 36.1 Å². The van der Waals surface area contributed by atoms with Crippen LogP contribution >= 0.6 is 0 Å².